The van der Waals surface area contributed by atoms with Crippen LogP contribution in [0.3, 0.4) is 0 Å². The van der Waals surface area contributed by atoms with Crippen LogP contribution in [-0.4, -0.2) is 11.4 Å². The fourth-order valence-corrected chi connectivity index (χ4v) is 3.10. The molecule has 0 aliphatic rings. The Labute approximate surface area is 85.4 Å². The Morgan fingerprint density at radius 3 is 3.00 bits per heavy atom. The molecule has 0 atom stereocenters. The molecule has 1 aromatic carbocycles. The summed E-state index contributed by atoms with van der Waals surface area (Å²) in [6.07, 6.45) is 2.10. The van der Waals surface area contributed by atoms with Crippen molar-refractivity contribution in [2.24, 2.45) is 0 Å². The summed E-state index contributed by atoms with van der Waals surface area (Å²) in [5.41, 5.74) is 0. The van der Waals surface area contributed by atoms with E-state index in [1.165, 1.54) is 9.58 Å². The Balaban J connectivity index is 2.49. The highest BCUT2D eigenvalue weighted by Crippen LogP contribution is 2.30. The van der Waals surface area contributed by atoms with Crippen molar-refractivity contribution in [3.8, 4) is 5.75 Å². The summed E-state index contributed by atoms with van der Waals surface area (Å²) >= 11 is 3.62. The van der Waals surface area contributed by atoms with Crippen LogP contribution in [0, 0.1) is 0 Å². The monoisotopic (exact) mass is 210 g/mol. The van der Waals surface area contributed by atoms with Gasteiger partial charge in [-0.1, -0.05) is 0 Å². The topological polar surface area (TPSA) is 20.2 Å². The van der Waals surface area contributed by atoms with E-state index < -0.39 is 0 Å². The predicted octanol–water partition coefficient (Wildman–Crippen LogP) is 3.47. The lowest BCUT2D eigenvalue weighted by atomic mass is 10.2. The Kier molecular flexibility index (Phi) is 2.47. The third kappa shape index (κ3) is 1.81. The van der Waals surface area contributed by atoms with Gasteiger partial charge in [0.05, 0.1) is 0 Å². The van der Waals surface area contributed by atoms with Crippen molar-refractivity contribution in [1.82, 2.24) is 0 Å². The fourth-order valence-electron chi connectivity index (χ4n) is 1.30. The van der Waals surface area contributed by atoms with Crippen LogP contribution < -0.4 is 0 Å². The second-order valence-corrected chi connectivity index (χ2v) is 4.90. The van der Waals surface area contributed by atoms with Gasteiger partial charge in [0.1, 0.15) is 5.75 Å². The number of phenols is 1. The van der Waals surface area contributed by atoms with Crippen molar-refractivity contribution < 1.29 is 5.11 Å². The minimum absolute atomic E-state index is 0.348. The van der Waals surface area contributed by atoms with Gasteiger partial charge in [0.2, 0.25) is 0 Å². The Morgan fingerprint density at radius 2 is 2.23 bits per heavy atom. The van der Waals surface area contributed by atoms with Gasteiger partial charge in [-0.05, 0) is 35.9 Å². The number of hydrogen-bond acceptors (Lipinski definition) is 3. The van der Waals surface area contributed by atoms with Crippen LogP contribution in [0.2, 0.25) is 0 Å². The Bertz CT molecular complexity index is 420. The van der Waals surface area contributed by atoms with Crippen LogP contribution in [0.5, 0.6) is 5.75 Å². The number of thiophene rings is 1. The van der Waals surface area contributed by atoms with Crippen molar-refractivity contribution >= 4 is 33.2 Å². The summed E-state index contributed by atoms with van der Waals surface area (Å²) in [7, 11) is 0. The molecule has 68 valence electrons. The van der Waals surface area contributed by atoms with E-state index in [-0.39, 0.29) is 0 Å². The first-order valence-corrected chi connectivity index (χ1v) is 6.21. The molecule has 0 radical (unpaired) electrons. The van der Waals surface area contributed by atoms with E-state index in [1.807, 2.05) is 23.9 Å². The predicted molar refractivity (Wildman–Crippen MR) is 60.7 cm³/mol. The maximum absolute atomic E-state index is 9.27. The lowest BCUT2D eigenvalue weighted by molar-refractivity contribution is 0.476. The SMILES string of the molecule is CSCc1cc2cc(O)ccc2s1. The quantitative estimate of drug-likeness (QED) is 0.819. The van der Waals surface area contributed by atoms with Crippen LogP contribution in [0.25, 0.3) is 10.1 Å². The van der Waals surface area contributed by atoms with Crippen LogP contribution in [0.1, 0.15) is 4.88 Å². The van der Waals surface area contributed by atoms with E-state index in [4.69, 9.17) is 0 Å². The van der Waals surface area contributed by atoms with E-state index >= 15 is 0 Å². The van der Waals surface area contributed by atoms with Crippen molar-refractivity contribution in [3.63, 3.8) is 0 Å². The van der Waals surface area contributed by atoms with Gasteiger partial charge in [0.15, 0.2) is 0 Å². The average molecular weight is 210 g/mol. The summed E-state index contributed by atoms with van der Waals surface area (Å²) in [4.78, 5) is 1.37. The van der Waals surface area contributed by atoms with Crippen LogP contribution >= 0.6 is 23.1 Å². The third-order valence-corrected chi connectivity index (χ3v) is 3.74. The summed E-state index contributed by atoms with van der Waals surface area (Å²) in [5.74, 6) is 1.40. The highest BCUT2D eigenvalue weighted by Gasteiger charge is 2.01. The molecule has 13 heavy (non-hydrogen) atoms. The van der Waals surface area contributed by atoms with Crippen molar-refractivity contribution in [2.75, 3.05) is 6.26 Å². The molecule has 0 aliphatic heterocycles. The number of fused-ring (bicyclic) bond motifs is 1. The van der Waals surface area contributed by atoms with Gasteiger partial charge in [-0.15, -0.1) is 11.3 Å². The van der Waals surface area contributed by atoms with Gasteiger partial charge in [-0.25, -0.2) is 0 Å². The highest BCUT2D eigenvalue weighted by molar-refractivity contribution is 7.97. The summed E-state index contributed by atoms with van der Waals surface area (Å²) in [6, 6.07) is 7.67. The zero-order chi connectivity index (χ0) is 9.26. The standard InChI is InChI=1S/C10H10OS2/c1-12-6-9-5-7-4-8(11)2-3-10(7)13-9/h2-5,11H,6H2,1H3. The molecule has 2 aromatic rings. The third-order valence-electron chi connectivity index (χ3n) is 1.84. The van der Waals surface area contributed by atoms with Crippen LogP contribution in [-0.2, 0) is 5.75 Å². The minimum Gasteiger partial charge on any atom is -0.508 e. The molecule has 0 spiro atoms. The van der Waals surface area contributed by atoms with Crippen molar-refractivity contribution in [3.05, 3.63) is 29.1 Å². The molecule has 0 fully saturated rings. The van der Waals surface area contributed by atoms with Gasteiger partial charge in [0.25, 0.3) is 0 Å². The van der Waals surface area contributed by atoms with Gasteiger partial charge in [-0.3, -0.25) is 0 Å². The second-order valence-electron chi connectivity index (χ2n) is 2.87. The molecule has 2 rings (SSSR count). The zero-order valence-corrected chi connectivity index (χ0v) is 8.91. The molecule has 3 heteroatoms. The highest BCUT2D eigenvalue weighted by atomic mass is 32.2. The normalized spacial score (nSPS) is 10.8. The molecule has 1 aromatic heterocycles. The smallest absolute Gasteiger partial charge is 0.116 e. The molecule has 1 N–H and O–H groups in total. The van der Waals surface area contributed by atoms with Crippen molar-refractivity contribution in [2.45, 2.75) is 5.75 Å². The molecular formula is C10H10OS2. The molecule has 1 heterocycles. The first kappa shape index (κ1) is 8.91. The number of benzene rings is 1. The fraction of sp³-hybridized carbons (Fsp3) is 0.200. The van der Waals surface area contributed by atoms with Gasteiger partial charge in [0, 0.05) is 15.3 Å². The summed E-state index contributed by atoms with van der Waals surface area (Å²) < 4.78 is 1.25. The largest absolute Gasteiger partial charge is 0.508 e. The Hall–Kier alpha value is -0.670. The lowest BCUT2D eigenvalue weighted by Crippen LogP contribution is -1.66. The number of rotatable bonds is 2. The molecule has 0 unspecified atom stereocenters. The van der Waals surface area contributed by atoms with Crippen LogP contribution in [0.15, 0.2) is 24.3 Å². The maximum Gasteiger partial charge on any atom is 0.116 e. The van der Waals surface area contributed by atoms with E-state index in [9.17, 15) is 5.11 Å². The van der Waals surface area contributed by atoms with Gasteiger partial charge in [-0.2, -0.15) is 11.8 Å². The average Bonchev–Trinajstić information content (AvgIpc) is 2.46. The number of thioether (sulfide) groups is 1. The molecule has 0 bridgehead atoms. The number of hydrogen-bond donors (Lipinski definition) is 1. The molecule has 0 saturated heterocycles. The minimum atomic E-state index is 0.348. The second kappa shape index (κ2) is 3.60. The summed E-state index contributed by atoms with van der Waals surface area (Å²) in [5, 5.41) is 10.4. The van der Waals surface area contributed by atoms with E-state index in [0.717, 1.165) is 11.1 Å². The van der Waals surface area contributed by atoms with Gasteiger partial charge < -0.3 is 5.11 Å². The van der Waals surface area contributed by atoms with E-state index in [0.29, 0.717) is 5.75 Å². The molecular weight excluding hydrogens is 200 g/mol. The molecule has 0 saturated carbocycles. The zero-order valence-electron chi connectivity index (χ0n) is 7.28. The first-order chi connectivity index (χ1) is 6.29. The number of aromatic hydroxyl groups is 1. The maximum atomic E-state index is 9.27. The molecule has 0 aliphatic carbocycles. The first-order valence-electron chi connectivity index (χ1n) is 4.00. The van der Waals surface area contributed by atoms with Crippen LogP contribution in [0.4, 0.5) is 0 Å². The Morgan fingerprint density at radius 1 is 1.38 bits per heavy atom. The molecule has 1 nitrogen and oxygen atoms in total. The van der Waals surface area contributed by atoms with Crippen molar-refractivity contribution in [1.29, 1.82) is 0 Å². The van der Waals surface area contributed by atoms with Gasteiger partial charge >= 0.3 is 0 Å². The van der Waals surface area contributed by atoms with E-state index in [2.05, 4.69) is 12.3 Å². The summed E-state index contributed by atoms with van der Waals surface area (Å²) in [6.45, 7) is 0. The molecule has 0 amide bonds. The lowest BCUT2D eigenvalue weighted by Gasteiger charge is -1.89. The number of phenolic OH excluding ortho intramolecular Hbond substituents is 1. The van der Waals surface area contributed by atoms with E-state index in [1.54, 1.807) is 17.4 Å².